The number of aromatic nitrogens is 2. The minimum absolute atomic E-state index is 0.259. The number of thioether (sulfide) groups is 1. The van der Waals surface area contributed by atoms with E-state index in [0.29, 0.717) is 5.82 Å². The molecule has 2 heterocycles. The van der Waals surface area contributed by atoms with Crippen LogP contribution in [-0.4, -0.2) is 28.3 Å². The molecule has 0 spiro atoms. The highest BCUT2D eigenvalue weighted by Gasteiger charge is 2.18. The lowest BCUT2D eigenvalue weighted by molar-refractivity contribution is -0.139. The van der Waals surface area contributed by atoms with Crippen LogP contribution in [0.4, 0.5) is 0 Å². The summed E-state index contributed by atoms with van der Waals surface area (Å²) in [6.07, 6.45) is 0. The number of hydrogen-bond acceptors (Lipinski definition) is 6. The number of thiophene rings is 1. The Hall–Kier alpha value is -1.92. The Bertz CT molecular complexity index is 803. The molecule has 0 amide bonds. The molecule has 0 saturated heterocycles. The van der Waals surface area contributed by atoms with Crippen molar-refractivity contribution in [1.82, 2.24) is 9.97 Å². The number of benzene rings is 1. The molecule has 22 heavy (non-hydrogen) atoms. The average Bonchev–Trinajstić information content (AvgIpc) is 3.08. The van der Waals surface area contributed by atoms with Crippen molar-refractivity contribution in [2.24, 2.45) is 0 Å². The Morgan fingerprint density at radius 2 is 2.05 bits per heavy atom. The van der Waals surface area contributed by atoms with Gasteiger partial charge in [0.2, 0.25) is 0 Å². The van der Waals surface area contributed by atoms with Crippen LogP contribution in [0.25, 0.3) is 21.6 Å². The molecule has 112 valence electrons. The SMILES string of the molecule is COC(=O)[C@@H](C)Sc1nc(-c2cccs2)nc2ccccc12. The first-order chi connectivity index (χ1) is 10.7. The van der Waals surface area contributed by atoms with Crippen LogP contribution in [0.5, 0.6) is 0 Å². The number of para-hydroxylation sites is 1. The Morgan fingerprint density at radius 3 is 2.77 bits per heavy atom. The van der Waals surface area contributed by atoms with E-state index in [4.69, 9.17) is 4.74 Å². The van der Waals surface area contributed by atoms with Gasteiger partial charge in [0.25, 0.3) is 0 Å². The minimum atomic E-state index is -0.320. The fraction of sp³-hybridized carbons (Fsp3) is 0.188. The third-order valence-electron chi connectivity index (χ3n) is 3.13. The third-order valence-corrected chi connectivity index (χ3v) is 5.08. The second-order valence-corrected chi connectivity index (χ2v) is 6.91. The summed E-state index contributed by atoms with van der Waals surface area (Å²) >= 11 is 2.99. The van der Waals surface area contributed by atoms with Crippen LogP contribution in [0.2, 0.25) is 0 Å². The van der Waals surface area contributed by atoms with Gasteiger partial charge < -0.3 is 4.74 Å². The summed E-state index contributed by atoms with van der Waals surface area (Å²) in [4.78, 5) is 22.0. The van der Waals surface area contributed by atoms with Gasteiger partial charge in [-0.3, -0.25) is 4.79 Å². The molecule has 6 heteroatoms. The molecule has 0 aliphatic carbocycles. The summed E-state index contributed by atoms with van der Waals surface area (Å²) < 4.78 is 4.80. The number of esters is 1. The van der Waals surface area contributed by atoms with E-state index < -0.39 is 0 Å². The topological polar surface area (TPSA) is 52.1 Å². The predicted molar refractivity (Wildman–Crippen MR) is 90.2 cm³/mol. The van der Waals surface area contributed by atoms with Crippen LogP contribution in [-0.2, 0) is 9.53 Å². The Kier molecular flexibility index (Phi) is 4.40. The van der Waals surface area contributed by atoms with Crippen molar-refractivity contribution in [3.8, 4) is 10.7 Å². The van der Waals surface area contributed by atoms with E-state index in [1.54, 1.807) is 11.3 Å². The molecular weight excluding hydrogens is 316 g/mol. The Balaban J connectivity index is 2.08. The van der Waals surface area contributed by atoms with Gasteiger partial charge in [-0.15, -0.1) is 11.3 Å². The number of methoxy groups -OCH3 is 1. The molecule has 0 unspecified atom stereocenters. The van der Waals surface area contributed by atoms with Crippen LogP contribution >= 0.6 is 23.1 Å². The van der Waals surface area contributed by atoms with Gasteiger partial charge in [-0.1, -0.05) is 36.0 Å². The summed E-state index contributed by atoms with van der Waals surface area (Å²) in [5, 5.41) is 3.42. The lowest BCUT2D eigenvalue weighted by Gasteiger charge is -2.11. The normalized spacial score (nSPS) is 12.3. The molecule has 0 aliphatic rings. The zero-order chi connectivity index (χ0) is 15.5. The second kappa shape index (κ2) is 6.46. The zero-order valence-corrected chi connectivity index (χ0v) is 13.8. The molecule has 0 bridgehead atoms. The number of rotatable bonds is 4. The highest BCUT2D eigenvalue weighted by atomic mass is 32.2. The number of fused-ring (bicyclic) bond motifs is 1. The maximum Gasteiger partial charge on any atom is 0.318 e. The molecule has 0 fully saturated rings. The fourth-order valence-corrected chi connectivity index (χ4v) is 3.66. The molecule has 1 atom stereocenters. The first kappa shape index (κ1) is 15.0. The quantitative estimate of drug-likeness (QED) is 0.411. The van der Waals surface area contributed by atoms with E-state index in [2.05, 4.69) is 9.97 Å². The second-order valence-electron chi connectivity index (χ2n) is 4.63. The molecule has 4 nitrogen and oxygen atoms in total. The monoisotopic (exact) mass is 330 g/mol. The van der Waals surface area contributed by atoms with Gasteiger partial charge in [0.05, 0.1) is 17.5 Å². The zero-order valence-electron chi connectivity index (χ0n) is 12.1. The number of ether oxygens (including phenoxy) is 1. The molecule has 3 rings (SSSR count). The average molecular weight is 330 g/mol. The molecular formula is C16H14N2O2S2. The number of carbonyl (C=O) groups excluding carboxylic acids is 1. The van der Waals surface area contributed by atoms with Crippen LogP contribution in [0.3, 0.4) is 0 Å². The summed E-state index contributed by atoms with van der Waals surface area (Å²) in [6.45, 7) is 1.82. The van der Waals surface area contributed by atoms with E-state index in [-0.39, 0.29) is 11.2 Å². The van der Waals surface area contributed by atoms with E-state index in [1.807, 2.05) is 48.7 Å². The molecule has 0 N–H and O–H groups in total. The van der Waals surface area contributed by atoms with Crippen LogP contribution in [0, 0.1) is 0 Å². The van der Waals surface area contributed by atoms with Crippen molar-refractivity contribution in [2.45, 2.75) is 17.2 Å². The summed E-state index contributed by atoms with van der Waals surface area (Å²) in [5.41, 5.74) is 0.875. The third kappa shape index (κ3) is 2.98. The van der Waals surface area contributed by atoms with Gasteiger partial charge in [-0.05, 0) is 24.4 Å². The number of carbonyl (C=O) groups is 1. The molecule has 0 radical (unpaired) electrons. The Morgan fingerprint density at radius 1 is 1.23 bits per heavy atom. The lowest BCUT2D eigenvalue weighted by atomic mass is 10.2. The van der Waals surface area contributed by atoms with Crippen LogP contribution in [0.15, 0.2) is 46.8 Å². The van der Waals surface area contributed by atoms with Crippen molar-refractivity contribution in [1.29, 1.82) is 0 Å². The highest BCUT2D eigenvalue weighted by molar-refractivity contribution is 8.00. The molecule has 2 aromatic heterocycles. The summed E-state index contributed by atoms with van der Waals surface area (Å²) in [7, 11) is 1.40. The number of nitrogens with zero attached hydrogens (tertiary/aromatic N) is 2. The standard InChI is InChI=1S/C16H14N2O2S2/c1-10(16(19)20-2)22-15-11-6-3-4-7-12(11)17-14(18-15)13-8-5-9-21-13/h3-10H,1-2H3/t10-/m1/s1. The van der Waals surface area contributed by atoms with Gasteiger partial charge in [-0.25, -0.2) is 9.97 Å². The van der Waals surface area contributed by atoms with Crippen molar-refractivity contribution in [3.05, 3.63) is 41.8 Å². The van der Waals surface area contributed by atoms with Gasteiger partial charge >= 0.3 is 5.97 Å². The van der Waals surface area contributed by atoms with Crippen molar-refractivity contribution >= 4 is 40.0 Å². The van der Waals surface area contributed by atoms with Gasteiger partial charge in [-0.2, -0.15) is 0 Å². The first-order valence-corrected chi connectivity index (χ1v) is 8.50. The minimum Gasteiger partial charge on any atom is -0.468 e. The van der Waals surface area contributed by atoms with Gasteiger partial charge in [0.15, 0.2) is 5.82 Å². The maximum absolute atomic E-state index is 11.7. The van der Waals surface area contributed by atoms with Gasteiger partial charge in [0.1, 0.15) is 10.3 Å². The maximum atomic E-state index is 11.7. The Labute approximate surface area is 136 Å². The largest absolute Gasteiger partial charge is 0.468 e. The molecule has 0 aliphatic heterocycles. The highest BCUT2D eigenvalue weighted by Crippen LogP contribution is 2.32. The van der Waals surface area contributed by atoms with Crippen LogP contribution in [0.1, 0.15) is 6.92 Å². The summed E-state index contributed by atoms with van der Waals surface area (Å²) in [6, 6.07) is 11.8. The van der Waals surface area contributed by atoms with E-state index >= 15 is 0 Å². The fourth-order valence-electron chi connectivity index (χ4n) is 2.03. The van der Waals surface area contributed by atoms with E-state index in [0.717, 1.165) is 20.8 Å². The van der Waals surface area contributed by atoms with Crippen LogP contribution < -0.4 is 0 Å². The molecule has 1 aromatic carbocycles. The molecule has 3 aromatic rings. The van der Waals surface area contributed by atoms with Crippen molar-refractivity contribution < 1.29 is 9.53 Å². The predicted octanol–water partition coefficient (Wildman–Crippen LogP) is 4.01. The lowest BCUT2D eigenvalue weighted by Crippen LogP contribution is -2.15. The van der Waals surface area contributed by atoms with Crippen molar-refractivity contribution in [3.63, 3.8) is 0 Å². The van der Waals surface area contributed by atoms with Crippen molar-refractivity contribution in [2.75, 3.05) is 7.11 Å². The smallest absolute Gasteiger partial charge is 0.318 e. The van der Waals surface area contributed by atoms with Gasteiger partial charge in [0, 0.05) is 5.39 Å². The van der Waals surface area contributed by atoms with E-state index in [9.17, 15) is 4.79 Å². The summed E-state index contributed by atoms with van der Waals surface area (Å²) in [5.74, 6) is 0.429. The first-order valence-electron chi connectivity index (χ1n) is 6.74. The number of hydrogen-bond donors (Lipinski definition) is 0. The molecule has 0 saturated carbocycles. The van der Waals surface area contributed by atoms with E-state index in [1.165, 1.54) is 18.9 Å².